The Bertz CT molecular complexity index is 663. The van der Waals surface area contributed by atoms with Crippen molar-refractivity contribution >= 4 is 23.1 Å². The van der Waals surface area contributed by atoms with Crippen molar-refractivity contribution in [3.05, 3.63) is 34.8 Å². The molecule has 0 aliphatic heterocycles. The topological polar surface area (TPSA) is 87.9 Å². The number of carbonyl (C=O) groups excluding carboxylic acids is 1. The Morgan fingerprint density at radius 1 is 1.48 bits per heavy atom. The molecule has 0 fully saturated rings. The highest BCUT2D eigenvalue weighted by atomic mass is 32.1. The van der Waals surface area contributed by atoms with E-state index in [9.17, 15) is 4.79 Å². The summed E-state index contributed by atoms with van der Waals surface area (Å²) in [6, 6.07) is 8.88. The molecule has 21 heavy (non-hydrogen) atoms. The Hall–Kier alpha value is -2.46. The van der Waals surface area contributed by atoms with Crippen molar-refractivity contribution < 1.29 is 9.53 Å². The van der Waals surface area contributed by atoms with Crippen LogP contribution in [0.5, 0.6) is 5.75 Å². The first-order valence-electron chi connectivity index (χ1n) is 6.47. The Balaban J connectivity index is 2.16. The number of hydrogen-bond acceptors (Lipinski definition) is 6. The number of nitrogens with zero attached hydrogens (tertiary/aromatic N) is 3. The van der Waals surface area contributed by atoms with Crippen LogP contribution in [0.4, 0.5) is 5.69 Å². The lowest BCUT2D eigenvalue weighted by atomic mass is 10.2. The number of ether oxygens (including phenoxy) is 1. The van der Waals surface area contributed by atoms with Gasteiger partial charge in [-0.05, 0) is 30.1 Å². The second kappa shape index (κ2) is 7.36. The number of carbonyl (C=O) groups is 1. The Morgan fingerprint density at radius 2 is 2.29 bits per heavy atom. The second-order valence-corrected chi connectivity index (χ2v) is 4.95. The van der Waals surface area contributed by atoms with Gasteiger partial charge in [0, 0.05) is 0 Å². The smallest absolute Gasteiger partial charge is 0.269 e. The number of nitrogens with one attached hydrogen (secondary N) is 1. The molecule has 1 N–H and O–H groups in total. The third-order valence-electron chi connectivity index (χ3n) is 2.68. The van der Waals surface area contributed by atoms with Crippen LogP contribution in [-0.2, 0) is 6.42 Å². The zero-order chi connectivity index (χ0) is 15.1. The molecule has 0 spiro atoms. The lowest BCUT2D eigenvalue weighted by molar-refractivity contribution is 0.102. The van der Waals surface area contributed by atoms with Crippen LogP contribution in [0.2, 0.25) is 0 Å². The van der Waals surface area contributed by atoms with Gasteiger partial charge >= 0.3 is 0 Å². The number of aryl methyl sites for hydroxylation is 1. The van der Waals surface area contributed by atoms with E-state index >= 15 is 0 Å². The van der Waals surface area contributed by atoms with Crippen molar-refractivity contribution in [1.82, 2.24) is 9.59 Å². The van der Waals surface area contributed by atoms with Crippen LogP contribution in [0.15, 0.2) is 24.3 Å². The number of nitriles is 1. The minimum absolute atomic E-state index is 0.0733. The fraction of sp³-hybridized carbons (Fsp3) is 0.286. The molecule has 6 nitrogen and oxygen atoms in total. The maximum absolute atomic E-state index is 12.3. The fourth-order valence-corrected chi connectivity index (χ4v) is 2.37. The molecule has 0 aliphatic carbocycles. The van der Waals surface area contributed by atoms with Gasteiger partial charge in [0.05, 0.1) is 11.4 Å². The van der Waals surface area contributed by atoms with Crippen molar-refractivity contribution in [2.75, 3.05) is 11.9 Å². The molecule has 108 valence electrons. The van der Waals surface area contributed by atoms with Crippen LogP contribution in [0.3, 0.4) is 0 Å². The van der Waals surface area contributed by atoms with Gasteiger partial charge in [-0.25, -0.2) is 0 Å². The number of aromatic nitrogens is 2. The third kappa shape index (κ3) is 3.77. The molecule has 2 rings (SSSR count). The van der Waals surface area contributed by atoms with E-state index in [1.54, 1.807) is 24.3 Å². The molecule has 0 radical (unpaired) electrons. The number of hydrogen-bond donors (Lipinski definition) is 1. The molecule has 0 unspecified atom stereocenters. The van der Waals surface area contributed by atoms with Crippen molar-refractivity contribution in [3.8, 4) is 11.8 Å². The predicted octanol–water partition coefficient (Wildman–Crippen LogP) is 2.65. The van der Waals surface area contributed by atoms with E-state index in [1.807, 2.05) is 13.0 Å². The number of amides is 1. The number of benzene rings is 1. The van der Waals surface area contributed by atoms with Crippen LogP contribution >= 0.6 is 11.5 Å². The second-order valence-electron chi connectivity index (χ2n) is 4.20. The van der Waals surface area contributed by atoms with Gasteiger partial charge in [0.2, 0.25) is 0 Å². The Labute approximate surface area is 126 Å². The van der Waals surface area contributed by atoms with Crippen LogP contribution in [0.1, 0.15) is 28.7 Å². The SMILES string of the molecule is CCCc1nnsc1C(=O)Nc1ccccc1OCC#N. The van der Waals surface area contributed by atoms with E-state index in [1.165, 1.54) is 0 Å². The summed E-state index contributed by atoms with van der Waals surface area (Å²) < 4.78 is 9.11. The van der Waals surface area contributed by atoms with Crippen molar-refractivity contribution in [3.63, 3.8) is 0 Å². The highest BCUT2D eigenvalue weighted by Crippen LogP contribution is 2.25. The van der Waals surface area contributed by atoms with E-state index in [0.717, 1.165) is 18.0 Å². The minimum atomic E-state index is -0.263. The molecule has 0 saturated heterocycles. The van der Waals surface area contributed by atoms with E-state index in [2.05, 4.69) is 14.9 Å². The molecule has 0 bridgehead atoms. The lowest BCUT2D eigenvalue weighted by Crippen LogP contribution is -2.13. The highest BCUT2D eigenvalue weighted by Gasteiger charge is 2.17. The quantitative estimate of drug-likeness (QED) is 0.886. The molecular weight excluding hydrogens is 288 g/mol. The Kier molecular flexibility index (Phi) is 5.23. The van der Waals surface area contributed by atoms with Gasteiger partial charge in [-0.15, -0.1) is 5.10 Å². The zero-order valence-corrected chi connectivity index (χ0v) is 12.3. The molecule has 1 heterocycles. The highest BCUT2D eigenvalue weighted by molar-refractivity contribution is 7.08. The van der Waals surface area contributed by atoms with Gasteiger partial charge in [0.1, 0.15) is 16.7 Å². The van der Waals surface area contributed by atoms with Gasteiger partial charge in [0.25, 0.3) is 5.91 Å². The van der Waals surface area contributed by atoms with Crippen LogP contribution < -0.4 is 10.1 Å². The summed E-state index contributed by atoms with van der Waals surface area (Å²) in [7, 11) is 0. The van der Waals surface area contributed by atoms with Gasteiger partial charge in [-0.1, -0.05) is 30.0 Å². The van der Waals surface area contributed by atoms with Gasteiger partial charge < -0.3 is 10.1 Å². The van der Waals surface area contributed by atoms with Crippen LogP contribution in [-0.4, -0.2) is 22.1 Å². The molecular formula is C14H14N4O2S. The minimum Gasteiger partial charge on any atom is -0.477 e. The average molecular weight is 302 g/mol. The molecule has 0 aliphatic rings. The maximum Gasteiger partial charge on any atom is 0.269 e. The summed E-state index contributed by atoms with van der Waals surface area (Å²) in [4.78, 5) is 12.8. The summed E-state index contributed by atoms with van der Waals surface area (Å²) in [6.45, 7) is 1.95. The molecule has 7 heteroatoms. The van der Waals surface area contributed by atoms with E-state index in [4.69, 9.17) is 10.00 Å². The first-order chi connectivity index (χ1) is 10.3. The largest absolute Gasteiger partial charge is 0.477 e. The molecule has 1 aromatic heterocycles. The average Bonchev–Trinajstić information content (AvgIpc) is 2.95. The standard InChI is InChI=1S/C14H14N4O2S/c1-2-5-11-13(21-18-17-11)14(19)16-10-6-3-4-7-12(10)20-9-8-15/h3-4,6-7H,2,5,9H2,1H3,(H,16,19). The number of rotatable bonds is 6. The maximum atomic E-state index is 12.3. The summed E-state index contributed by atoms with van der Waals surface area (Å²) in [6.07, 6.45) is 1.61. The molecule has 0 atom stereocenters. The molecule has 1 amide bonds. The van der Waals surface area contributed by atoms with Crippen LogP contribution in [0, 0.1) is 11.3 Å². The summed E-state index contributed by atoms with van der Waals surface area (Å²) >= 11 is 1.07. The lowest BCUT2D eigenvalue weighted by Gasteiger charge is -2.10. The summed E-state index contributed by atoms with van der Waals surface area (Å²) in [5.41, 5.74) is 1.23. The normalized spacial score (nSPS) is 9.90. The van der Waals surface area contributed by atoms with Gasteiger partial charge in [-0.3, -0.25) is 4.79 Å². The Morgan fingerprint density at radius 3 is 3.05 bits per heavy atom. The third-order valence-corrected chi connectivity index (χ3v) is 3.44. The van der Waals surface area contributed by atoms with Gasteiger partial charge in [-0.2, -0.15) is 5.26 Å². The van der Waals surface area contributed by atoms with E-state index in [-0.39, 0.29) is 12.5 Å². The molecule has 2 aromatic rings. The van der Waals surface area contributed by atoms with Crippen molar-refractivity contribution in [2.24, 2.45) is 0 Å². The summed E-state index contributed by atoms with van der Waals surface area (Å²) in [5.74, 6) is 0.198. The van der Waals surface area contributed by atoms with Crippen LogP contribution in [0.25, 0.3) is 0 Å². The molecule has 0 saturated carbocycles. The number of para-hydroxylation sites is 2. The molecule has 1 aromatic carbocycles. The fourth-order valence-electron chi connectivity index (χ4n) is 1.77. The number of anilines is 1. The zero-order valence-electron chi connectivity index (χ0n) is 11.5. The van der Waals surface area contributed by atoms with Crippen molar-refractivity contribution in [2.45, 2.75) is 19.8 Å². The first-order valence-corrected chi connectivity index (χ1v) is 7.25. The predicted molar refractivity (Wildman–Crippen MR) is 79.4 cm³/mol. The van der Waals surface area contributed by atoms with E-state index in [0.29, 0.717) is 28.4 Å². The first kappa shape index (κ1) is 14.9. The monoisotopic (exact) mass is 302 g/mol. The van der Waals surface area contributed by atoms with Gasteiger partial charge in [0.15, 0.2) is 6.61 Å². The van der Waals surface area contributed by atoms with E-state index < -0.39 is 0 Å². The summed E-state index contributed by atoms with van der Waals surface area (Å²) in [5, 5.41) is 15.3. The van der Waals surface area contributed by atoms with Crippen molar-refractivity contribution in [1.29, 1.82) is 5.26 Å².